The molecular weight excluding hydrogens is 472 g/mol. The minimum absolute atomic E-state index is 0.00845. The highest BCUT2D eigenvalue weighted by molar-refractivity contribution is 7.07. The van der Waals surface area contributed by atoms with Gasteiger partial charge in [-0.3, -0.25) is 9.78 Å². The molecule has 0 unspecified atom stereocenters. The molecule has 1 amide bonds. The number of benzene rings is 1. The summed E-state index contributed by atoms with van der Waals surface area (Å²) in [4.78, 5) is 20.5. The fourth-order valence-electron chi connectivity index (χ4n) is 5.03. The van der Waals surface area contributed by atoms with Crippen LogP contribution in [0.15, 0.2) is 53.9 Å². The summed E-state index contributed by atoms with van der Waals surface area (Å²) in [5.74, 6) is -2.19. The second kappa shape index (κ2) is 9.59. The van der Waals surface area contributed by atoms with E-state index in [1.807, 2.05) is 12.3 Å². The molecule has 0 radical (unpaired) electrons. The van der Waals surface area contributed by atoms with Crippen molar-refractivity contribution in [3.63, 3.8) is 0 Å². The lowest BCUT2D eigenvalue weighted by molar-refractivity contribution is 0.102. The lowest BCUT2D eigenvalue weighted by Gasteiger charge is -2.39. The Morgan fingerprint density at radius 3 is 2.77 bits per heavy atom. The molecule has 11 heteroatoms. The highest BCUT2D eigenvalue weighted by atomic mass is 32.1. The van der Waals surface area contributed by atoms with Gasteiger partial charge in [0.1, 0.15) is 17.2 Å². The first-order valence-electron chi connectivity index (χ1n) is 11.2. The molecule has 5 rings (SSSR count). The number of aromatic nitrogens is 5. The Morgan fingerprint density at radius 1 is 1.20 bits per heavy atom. The molecule has 1 aromatic carbocycles. The van der Waals surface area contributed by atoms with Crippen molar-refractivity contribution >= 4 is 22.9 Å². The maximum absolute atomic E-state index is 15.6. The van der Waals surface area contributed by atoms with Gasteiger partial charge in [-0.15, -0.1) is 16.4 Å². The molecule has 1 fully saturated rings. The average Bonchev–Trinajstić information content (AvgIpc) is 3.56. The van der Waals surface area contributed by atoms with E-state index in [4.69, 9.17) is 5.73 Å². The van der Waals surface area contributed by atoms with Crippen LogP contribution < -0.4 is 11.1 Å². The van der Waals surface area contributed by atoms with E-state index in [0.29, 0.717) is 12.0 Å². The zero-order valence-electron chi connectivity index (χ0n) is 18.8. The summed E-state index contributed by atoms with van der Waals surface area (Å²) in [6.45, 7) is 2.11. The van der Waals surface area contributed by atoms with E-state index >= 15 is 4.39 Å². The molecule has 1 saturated carbocycles. The summed E-state index contributed by atoms with van der Waals surface area (Å²) < 4.78 is 32.0. The number of carbonyl (C=O) groups excluding carboxylic acids is 1. The van der Waals surface area contributed by atoms with Crippen molar-refractivity contribution in [2.75, 3.05) is 5.32 Å². The summed E-state index contributed by atoms with van der Waals surface area (Å²) in [6.07, 6.45) is 8.12. The van der Waals surface area contributed by atoms with Gasteiger partial charge in [0.25, 0.3) is 5.91 Å². The second-order valence-corrected chi connectivity index (χ2v) is 9.48. The lowest BCUT2D eigenvalue weighted by Crippen LogP contribution is -2.42. The van der Waals surface area contributed by atoms with Gasteiger partial charge in [0.2, 0.25) is 0 Å². The number of thiazole rings is 1. The van der Waals surface area contributed by atoms with Gasteiger partial charge in [0.15, 0.2) is 5.82 Å². The van der Waals surface area contributed by atoms with E-state index in [0.717, 1.165) is 18.1 Å². The van der Waals surface area contributed by atoms with Crippen molar-refractivity contribution < 1.29 is 13.6 Å². The molecular formula is C24H23F2N7OS. The van der Waals surface area contributed by atoms with Gasteiger partial charge in [-0.05, 0) is 48.4 Å². The molecule has 0 saturated heterocycles. The molecule has 180 valence electrons. The van der Waals surface area contributed by atoms with Crippen LogP contribution in [-0.2, 0) is 0 Å². The topological polar surface area (TPSA) is 112 Å². The van der Waals surface area contributed by atoms with Gasteiger partial charge in [-0.25, -0.2) is 18.4 Å². The van der Waals surface area contributed by atoms with E-state index in [9.17, 15) is 9.18 Å². The number of hydrogen-bond donors (Lipinski definition) is 2. The average molecular weight is 496 g/mol. The highest BCUT2D eigenvalue weighted by Gasteiger charge is 2.37. The molecule has 0 spiro atoms. The number of hydrogen-bond acceptors (Lipinski definition) is 7. The maximum atomic E-state index is 15.6. The van der Waals surface area contributed by atoms with Gasteiger partial charge in [-0.1, -0.05) is 12.1 Å². The standard InChI is InChI=1S/C24H23F2N7OS/c1-13-8-14(9-19(27)23(13)33-7-6-30-32-33)15-4-5-28-10-17(15)16-2-3-18(25)22(21(16)26)31-24(34)20-11-35-12-29-20/h2-7,10-14,19,23H,8-9,27H2,1H3,(H,31,34)/t13-,14+,19+,23-/m0/s1. The van der Waals surface area contributed by atoms with E-state index in [1.54, 1.807) is 23.3 Å². The SMILES string of the molecule is C[C@H]1C[C@@H](c2ccncc2-c2ccc(F)c(NC(=O)c3cscn3)c2F)C[C@@H](N)[C@H]1n1ccnn1. The number of amides is 1. The molecule has 1 aliphatic rings. The van der Waals surface area contributed by atoms with Crippen molar-refractivity contribution in [2.45, 2.75) is 37.8 Å². The molecule has 1 aliphatic carbocycles. The number of nitrogens with zero attached hydrogens (tertiary/aromatic N) is 5. The maximum Gasteiger partial charge on any atom is 0.275 e. The number of nitrogens with two attached hydrogens (primary N) is 1. The predicted octanol–water partition coefficient (Wildman–Crippen LogP) is 4.41. The van der Waals surface area contributed by atoms with Crippen LogP contribution in [0.4, 0.5) is 14.5 Å². The third-order valence-electron chi connectivity index (χ3n) is 6.56. The summed E-state index contributed by atoms with van der Waals surface area (Å²) in [5.41, 5.74) is 9.19. The molecule has 3 aromatic heterocycles. The van der Waals surface area contributed by atoms with Crippen LogP contribution in [-0.4, -0.2) is 36.9 Å². The number of nitrogens with one attached hydrogen (secondary N) is 1. The fourth-order valence-corrected chi connectivity index (χ4v) is 5.56. The Labute approximate surface area is 204 Å². The van der Waals surface area contributed by atoms with E-state index in [-0.39, 0.29) is 35.2 Å². The number of anilines is 1. The smallest absolute Gasteiger partial charge is 0.275 e. The van der Waals surface area contributed by atoms with Gasteiger partial charge in [0, 0.05) is 41.1 Å². The van der Waals surface area contributed by atoms with Crippen molar-refractivity contribution in [1.82, 2.24) is 25.0 Å². The van der Waals surface area contributed by atoms with E-state index in [2.05, 4.69) is 32.5 Å². The predicted molar refractivity (Wildman–Crippen MR) is 128 cm³/mol. The molecule has 0 bridgehead atoms. The van der Waals surface area contributed by atoms with Crippen LogP contribution in [0.2, 0.25) is 0 Å². The molecule has 3 N–H and O–H groups in total. The van der Waals surface area contributed by atoms with Crippen molar-refractivity contribution in [3.8, 4) is 11.1 Å². The fraction of sp³-hybridized carbons (Fsp3) is 0.292. The van der Waals surface area contributed by atoms with Crippen LogP contribution in [0.25, 0.3) is 11.1 Å². The largest absolute Gasteiger partial charge is 0.326 e. The number of rotatable bonds is 5. The molecule has 35 heavy (non-hydrogen) atoms. The Morgan fingerprint density at radius 2 is 2.06 bits per heavy atom. The molecule has 4 atom stereocenters. The van der Waals surface area contributed by atoms with E-state index in [1.165, 1.54) is 28.3 Å². The number of carbonyl (C=O) groups is 1. The lowest BCUT2D eigenvalue weighted by atomic mass is 9.72. The van der Waals surface area contributed by atoms with Crippen LogP contribution in [0.3, 0.4) is 0 Å². The highest BCUT2D eigenvalue weighted by Crippen LogP contribution is 2.44. The first-order chi connectivity index (χ1) is 16.9. The Kier molecular flexibility index (Phi) is 6.35. The third kappa shape index (κ3) is 4.44. The number of pyridine rings is 1. The van der Waals surface area contributed by atoms with E-state index < -0.39 is 23.2 Å². The van der Waals surface area contributed by atoms with Gasteiger partial charge in [-0.2, -0.15) is 0 Å². The van der Waals surface area contributed by atoms with Gasteiger partial charge in [0.05, 0.1) is 17.7 Å². The normalized spacial score (nSPS) is 22.2. The van der Waals surface area contributed by atoms with Crippen molar-refractivity contribution in [1.29, 1.82) is 0 Å². The summed E-state index contributed by atoms with van der Waals surface area (Å²) >= 11 is 1.22. The molecule has 4 aromatic rings. The third-order valence-corrected chi connectivity index (χ3v) is 7.15. The summed E-state index contributed by atoms with van der Waals surface area (Å²) in [6, 6.07) is 4.19. The minimum atomic E-state index is -0.871. The zero-order chi connectivity index (χ0) is 24.5. The van der Waals surface area contributed by atoms with Crippen molar-refractivity contribution in [3.05, 3.63) is 76.8 Å². The van der Waals surface area contributed by atoms with Crippen LogP contribution in [0, 0.1) is 17.6 Å². The zero-order valence-corrected chi connectivity index (χ0v) is 19.6. The summed E-state index contributed by atoms with van der Waals surface area (Å²) in [7, 11) is 0. The van der Waals surface area contributed by atoms with Crippen LogP contribution in [0.1, 0.15) is 47.8 Å². The van der Waals surface area contributed by atoms with Gasteiger partial charge >= 0.3 is 0 Å². The monoisotopic (exact) mass is 495 g/mol. The summed E-state index contributed by atoms with van der Waals surface area (Å²) in [5, 5.41) is 11.9. The second-order valence-electron chi connectivity index (χ2n) is 8.76. The molecule has 8 nitrogen and oxygen atoms in total. The first kappa shape index (κ1) is 23.2. The van der Waals surface area contributed by atoms with Gasteiger partial charge < -0.3 is 11.1 Å². The van der Waals surface area contributed by atoms with Crippen LogP contribution in [0.5, 0.6) is 0 Å². The Hall–Kier alpha value is -3.57. The molecule has 3 heterocycles. The Balaban J connectivity index is 1.47. The quantitative estimate of drug-likeness (QED) is 0.424. The van der Waals surface area contributed by atoms with Crippen molar-refractivity contribution in [2.24, 2.45) is 11.7 Å². The Bertz CT molecular complexity index is 1320. The minimum Gasteiger partial charge on any atom is -0.326 e. The first-order valence-corrected chi connectivity index (χ1v) is 12.1. The van der Waals surface area contributed by atoms with Crippen LogP contribution >= 0.6 is 11.3 Å². The molecule has 0 aliphatic heterocycles. The number of halogens is 2.